The Balaban J connectivity index is 2.49. The van der Waals surface area contributed by atoms with E-state index in [9.17, 15) is 0 Å². The molecule has 14 heavy (non-hydrogen) atoms. The fourth-order valence-corrected chi connectivity index (χ4v) is 2.36. The zero-order chi connectivity index (χ0) is 10.1. The second-order valence-corrected chi connectivity index (χ2v) is 5.44. The number of hydrogen-bond acceptors (Lipinski definition) is 3. The molecular formula is C10H9IN2S. The first-order valence-corrected chi connectivity index (χ1v) is 6.05. The largest absolute Gasteiger partial charge is 0.375 e. The molecule has 0 spiro atoms. The molecule has 0 saturated carbocycles. The van der Waals surface area contributed by atoms with Crippen molar-refractivity contribution in [3.05, 3.63) is 32.7 Å². The minimum Gasteiger partial charge on any atom is -0.375 e. The molecule has 0 saturated heterocycles. The van der Waals surface area contributed by atoms with Crippen molar-refractivity contribution in [1.82, 2.24) is 4.98 Å². The molecule has 0 radical (unpaired) electrons. The fraction of sp³-hybridized carbons (Fsp3) is 0.100. The Hall–Kier alpha value is -0.620. The number of benzene rings is 1. The third kappa shape index (κ3) is 1.90. The van der Waals surface area contributed by atoms with Crippen LogP contribution in [0.3, 0.4) is 0 Å². The summed E-state index contributed by atoms with van der Waals surface area (Å²) in [5.74, 6) is 0. The lowest BCUT2D eigenvalue weighted by Gasteiger charge is -1.98. The maximum absolute atomic E-state index is 5.65. The predicted octanol–water partition coefficient (Wildman–Crippen LogP) is 3.31. The van der Waals surface area contributed by atoms with E-state index in [1.54, 1.807) is 0 Å². The third-order valence-electron chi connectivity index (χ3n) is 1.93. The highest BCUT2D eigenvalue weighted by atomic mass is 127. The van der Waals surface area contributed by atoms with Gasteiger partial charge in [0.25, 0.3) is 0 Å². The van der Waals surface area contributed by atoms with Gasteiger partial charge in [0.15, 0.2) is 5.13 Å². The molecule has 72 valence electrons. The minimum absolute atomic E-state index is 0.635. The van der Waals surface area contributed by atoms with Gasteiger partial charge in [-0.05, 0) is 41.6 Å². The van der Waals surface area contributed by atoms with Crippen LogP contribution in [0.5, 0.6) is 0 Å². The predicted molar refractivity (Wildman–Crippen MR) is 69.4 cm³/mol. The number of nitrogen functional groups attached to an aromatic ring is 1. The average molecular weight is 316 g/mol. The number of halogens is 1. The van der Waals surface area contributed by atoms with E-state index in [1.807, 2.05) is 6.92 Å². The average Bonchev–Trinajstić information content (AvgIpc) is 2.47. The number of hydrogen-bond donors (Lipinski definition) is 1. The first-order chi connectivity index (χ1) is 6.66. The highest BCUT2D eigenvalue weighted by Crippen LogP contribution is 2.28. The van der Waals surface area contributed by atoms with E-state index in [4.69, 9.17) is 5.73 Å². The molecule has 1 heterocycles. The van der Waals surface area contributed by atoms with Crippen LogP contribution in [0.4, 0.5) is 5.13 Å². The Bertz CT molecular complexity index is 448. The summed E-state index contributed by atoms with van der Waals surface area (Å²) in [5.41, 5.74) is 7.79. The SMILES string of the molecule is Cc1sc(N)nc1-c1ccc(I)cc1. The van der Waals surface area contributed by atoms with Crippen molar-refractivity contribution in [2.75, 3.05) is 5.73 Å². The Morgan fingerprint density at radius 1 is 1.29 bits per heavy atom. The standard InChI is InChI=1S/C10H9IN2S/c1-6-9(13-10(12)14-6)7-2-4-8(11)5-3-7/h2-5H,1H3,(H2,12,13). The lowest BCUT2D eigenvalue weighted by molar-refractivity contribution is 1.38. The van der Waals surface area contributed by atoms with E-state index in [0.717, 1.165) is 11.3 Å². The molecule has 4 heteroatoms. The van der Waals surface area contributed by atoms with Gasteiger partial charge >= 0.3 is 0 Å². The van der Waals surface area contributed by atoms with Crippen molar-refractivity contribution >= 4 is 39.1 Å². The molecule has 0 unspecified atom stereocenters. The van der Waals surface area contributed by atoms with Crippen LogP contribution in [0.15, 0.2) is 24.3 Å². The fourth-order valence-electron chi connectivity index (χ4n) is 1.29. The quantitative estimate of drug-likeness (QED) is 0.820. The van der Waals surface area contributed by atoms with Crippen molar-refractivity contribution in [2.45, 2.75) is 6.92 Å². The molecule has 0 bridgehead atoms. The van der Waals surface area contributed by atoms with Gasteiger partial charge in [0, 0.05) is 14.0 Å². The van der Waals surface area contributed by atoms with Gasteiger partial charge in [0.05, 0.1) is 5.69 Å². The number of aromatic nitrogens is 1. The number of rotatable bonds is 1. The zero-order valence-electron chi connectivity index (χ0n) is 7.62. The number of anilines is 1. The highest BCUT2D eigenvalue weighted by molar-refractivity contribution is 14.1. The highest BCUT2D eigenvalue weighted by Gasteiger charge is 2.07. The smallest absolute Gasteiger partial charge is 0.180 e. The molecule has 1 aromatic carbocycles. The third-order valence-corrected chi connectivity index (χ3v) is 3.45. The van der Waals surface area contributed by atoms with Gasteiger partial charge in [-0.25, -0.2) is 4.98 Å². The minimum atomic E-state index is 0.635. The Morgan fingerprint density at radius 3 is 2.43 bits per heavy atom. The van der Waals surface area contributed by atoms with Crippen LogP contribution < -0.4 is 5.73 Å². The van der Waals surface area contributed by atoms with Gasteiger partial charge in [-0.3, -0.25) is 0 Å². The van der Waals surface area contributed by atoms with Crippen LogP contribution in [0.2, 0.25) is 0 Å². The van der Waals surface area contributed by atoms with Crippen LogP contribution in [-0.2, 0) is 0 Å². The molecule has 0 amide bonds. The van der Waals surface area contributed by atoms with Crippen molar-refractivity contribution in [3.63, 3.8) is 0 Å². The maximum atomic E-state index is 5.65. The normalized spacial score (nSPS) is 10.4. The molecular weight excluding hydrogens is 307 g/mol. The van der Waals surface area contributed by atoms with Gasteiger partial charge in [0.2, 0.25) is 0 Å². The van der Waals surface area contributed by atoms with Gasteiger partial charge in [-0.1, -0.05) is 12.1 Å². The summed E-state index contributed by atoms with van der Waals surface area (Å²) in [5, 5.41) is 0.635. The van der Waals surface area contributed by atoms with Crippen molar-refractivity contribution in [2.24, 2.45) is 0 Å². The van der Waals surface area contributed by atoms with Crippen LogP contribution >= 0.6 is 33.9 Å². The molecule has 2 N–H and O–H groups in total. The summed E-state index contributed by atoms with van der Waals surface area (Å²) in [6.07, 6.45) is 0. The number of aryl methyl sites for hydroxylation is 1. The Morgan fingerprint density at radius 2 is 1.93 bits per heavy atom. The van der Waals surface area contributed by atoms with Gasteiger partial charge < -0.3 is 5.73 Å². The van der Waals surface area contributed by atoms with E-state index in [1.165, 1.54) is 19.8 Å². The van der Waals surface area contributed by atoms with E-state index in [2.05, 4.69) is 51.8 Å². The molecule has 0 aliphatic rings. The summed E-state index contributed by atoms with van der Waals surface area (Å²) >= 11 is 3.82. The zero-order valence-corrected chi connectivity index (χ0v) is 10.6. The van der Waals surface area contributed by atoms with E-state index in [-0.39, 0.29) is 0 Å². The van der Waals surface area contributed by atoms with Crippen molar-refractivity contribution in [1.29, 1.82) is 0 Å². The lowest BCUT2D eigenvalue weighted by atomic mass is 10.1. The number of nitrogens with two attached hydrogens (primary N) is 1. The molecule has 2 rings (SSSR count). The molecule has 0 fully saturated rings. The summed E-state index contributed by atoms with van der Waals surface area (Å²) in [6, 6.07) is 8.29. The molecule has 2 aromatic rings. The monoisotopic (exact) mass is 316 g/mol. The summed E-state index contributed by atoms with van der Waals surface area (Å²) in [4.78, 5) is 5.47. The summed E-state index contributed by atoms with van der Waals surface area (Å²) < 4.78 is 1.23. The van der Waals surface area contributed by atoms with Gasteiger partial charge in [0.1, 0.15) is 0 Å². The van der Waals surface area contributed by atoms with Gasteiger partial charge in [-0.2, -0.15) is 0 Å². The van der Waals surface area contributed by atoms with E-state index in [0.29, 0.717) is 5.13 Å². The summed E-state index contributed by atoms with van der Waals surface area (Å²) in [6.45, 7) is 2.04. The van der Waals surface area contributed by atoms with Crippen LogP contribution in [0.1, 0.15) is 4.88 Å². The Kier molecular flexibility index (Phi) is 2.73. The van der Waals surface area contributed by atoms with Crippen LogP contribution in [0.25, 0.3) is 11.3 Å². The molecule has 0 aliphatic heterocycles. The van der Waals surface area contributed by atoms with Crippen molar-refractivity contribution in [3.8, 4) is 11.3 Å². The Labute approximate surface area is 100 Å². The molecule has 0 aliphatic carbocycles. The topological polar surface area (TPSA) is 38.9 Å². The molecule has 2 nitrogen and oxygen atoms in total. The second-order valence-electron chi connectivity index (χ2n) is 2.96. The van der Waals surface area contributed by atoms with E-state index < -0.39 is 0 Å². The molecule has 1 aromatic heterocycles. The van der Waals surface area contributed by atoms with Crippen LogP contribution in [-0.4, -0.2) is 4.98 Å². The second kappa shape index (κ2) is 3.86. The lowest BCUT2D eigenvalue weighted by Crippen LogP contribution is -1.83. The number of nitrogens with zero attached hydrogens (tertiary/aromatic N) is 1. The molecule has 0 atom stereocenters. The van der Waals surface area contributed by atoms with Gasteiger partial charge in [-0.15, -0.1) is 11.3 Å². The maximum Gasteiger partial charge on any atom is 0.180 e. The van der Waals surface area contributed by atoms with Crippen LogP contribution in [0, 0.1) is 10.5 Å². The summed E-state index contributed by atoms with van der Waals surface area (Å²) in [7, 11) is 0. The first kappa shape index (κ1) is 9.92. The van der Waals surface area contributed by atoms with E-state index >= 15 is 0 Å². The number of thiazole rings is 1. The first-order valence-electron chi connectivity index (χ1n) is 4.15. The van der Waals surface area contributed by atoms with Crippen molar-refractivity contribution < 1.29 is 0 Å².